The van der Waals surface area contributed by atoms with Crippen LogP contribution in [0.5, 0.6) is 0 Å². The van der Waals surface area contributed by atoms with Gasteiger partial charge in [0.05, 0.1) is 17.6 Å². The van der Waals surface area contributed by atoms with E-state index in [9.17, 15) is 0 Å². The summed E-state index contributed by atoms with van der Waals surface area (Å²) in [6.45, 7) is 2.94. The summed E-state index contributed by atoms with van der Waals surface area (Å²) in [4.78, 5) is 4.57. The predicted molar refractivity (Wildman–Crippen MR) is 60.8 cm³/mol. The zero-order valence-corrected chi connectivity index (χ0v) is 8.98. The van der Waals surface area contributed by atoms with Gasteiger partial charge in [0.15, 0.2) is 0 Å². The first kappa shape index (κ1) is 10.2. The molecule has 3 heteroatoms. The molecule has 0 fully saturated rings. The van der Waals surface area contributed by atoms with E-state index in [4.69, 9.17) is 5.11 Å². The molecular weight excluding hydrogens is 188 g/mol. The summed E-state index contributed by atoms with van der Waals surface area (Å²) in [6, 6.07) is 8.07. The highest BCUT2D eigenvalue weighted by Gasteiger charge is 2.08. The van der Waals surface area contributed by atoms with E-state index in [-0.39, 0.29) is 6.61 Å². The number of para-hydroxylation sites is 2. The van der Waals surface area contributed by atoms with E-state index in [1.807, 2.05) is 18.2 Å². The minimum absolute atomic E-state index is 0.164. The topological polar surface area (TPSA) is 38.0 Å². The number of aliphatic hydroxyl groups excluding tert-OH is 1. The highest BCUT2D eigenvalue weighted by molar-refractivity contribution is 5.75. The van der Waals surface area contributed by atoms with Crippen LogP contribution in [0, 0.1) is 0 Å². The van der Waals surface area contributed by atoms with Gasteiger partial charge in [0.25, 0.3) is 0 Å². The van der Waals surface area contributed by atoms with Gasteiger partial charge in [-0.25, -0.2) is 4.98 Å². The van der Waals surface area contributed by atoms with Gasteiger partial charge in [0.1, 0.15) is 5.82 Å². The fraction of sp³-hybridized carbons (Fsp3) is 0.417. The second kappa shape index (κ2) is 4.45. The summed E-state index contributed by atoms with van der Waals surface area (Å²) < 4.78 is 2.11. The summed E-state index contributed by atoms with van der Waals surface area (Å²) in [6.07, 6.45) is 2.05. The fourth-order valence-electron chi connectivity index (χ4n) is 1.89. The Morgan fingerprint density at radius 1 is 1.33 bits per heavy atom. The third kappa shape index (κ3) is 1.88. The van der Waals surface area contributed by atoms with Gasteiger partial charge in [-0.2, -0.15) is 0 Å². The van der Waals surface area contributed by atoms with Gasteiger partial charge in [-0.05, 0) is 18.6 Å². The molecule has 1 aromatic heterocycles. The van der Waals surface area contributed by atoms with Crippen LogP contribution in [0.25, 0.3) is 11.0 Å². The average Bonchev–Trinajstić information content (AvgIpc) is 2.59. The van der Waals surface area contributed by atoms with Crippen molar-refractivity contribution in [3.05, 3.63) is 30.1 Å². The summed E-state index contributed by atoms with van der Waals surface area (Å²) in [5, 5.41) is 9.04. The summed E-state index contributed by atoms with van der Waals surface area (Å²) in [7, 11) is 0. The van der Waals surface area contributed by atoms with Crippen LogP contribution in [0.15, 0.2) is 24.3 Å². The van der Waals surface area contributed by atoms with Crippen molar-refractivity contribution in [2.45, 2.75) is 26.3 Å². The van der Waals surface area contributed by atoms with E-state index in [1.54, 1.807) is 0 Å². The first-order valence-corrected chi connectivity index (χ1v) is 5.41. The van der Waals surface area contributed by atoms with Gasteiger partial charge < -0.3 is 9.67 Å². The van der Waals surface area contributed by atoms with Crippen molar-refractivity contribution in [3.63, 3.8) is 0 Å². The Morgan fingerprint density at radius 2 is 2.13 bits per heavy atom. The van der Waals surface area contributed by atoms with Gasteiger partial charge in [-0.1, -0.05) is 19.1 Å². The average molecular weight is 204 g/mol. The number of benzene rings is 1. The highest BCUT2D eigenvalue weighted by Crippen LogP contribution is 2.16. The molecule has 1 aromatic carbocycles. The zero-order chi connectivity index (χ0) is 10.7. The fourth-order valence-corrected chi connectivity index (χ4v) is 1.89. The minimum atomic E-state index is 0.164. The smallest absolute Gasteiger partial charge is 0.109 e. The van der Waals surface area contributed by atoms with Gasteiger partial charge in [0, 0.05) is 13.0 Å². The molecule has 3 nitrogen and oxygen atoms in total. The number of aromatic nitrogens is 2. The van der Waals surface area contributed by atoms with Crippen LogP contribution in [0.4, 0.5) is 0 Å². The van der Waals surface area contributed by atoms with E-state index >= 15 is 0 Å². The first-order valence-electron chi connectivity index (χ1n) is 5.41. The van der Waals surface area contributed by atoms with Crippen molar-refractivity contribution in [3.8, 4) is 0 Å². The van der Waals surface area contributed by atoms with Crippen molar-refractivity contribution in [1.29, 1.82) is 0 Å². The molecule has 0 unspecified atom stereocenters. The Bertz CT molecular complexity index is 448. The van der Waals surface area contributed by atoms with Crippen molar-refractivity contribution >= 4 is 11.0 Å². The molecule has 0 radical (unpaired) electrons. The van der Waals surface area contributed by atoms with E-state index in [0.717, 1.165) is 29.7 Å². The molecular formula is C12H16N2O. The van der Waals surface area contributed by atoms with E-state index in [2.05, 4.69) is 22.5 Å². The third-order valence-electron chi connectivity index (χ3n) is 2.53. The van der Waals surface area contributed by atoms with E-state index in [0.29, 0.717) is 6.54 Å². The maximum absolute atomic E-state index is 9.04. The lowest BCUT2D eigenvalue weighted by molar-refractivity contribution is 0.276. The number of hydrogen-bond acceptors (Lipinski definition) is 2. The Balaban J connectivity index is 2.53. The van der Waals surface area contributed by atoms with Crippen molar-refractivity contribution in [2.75, 3.05) is 6.61 Å². The Labute approximate surface area is 89.4 Å². The molecule has 0 atom stereocenters. The second-order valence-electron chi connectivity index (χ2n) is 3.64. The summed E-state index contributed by atoms with van der Waals surface area (Å²) in [5.41, 5.74) is 2.14. The minimum Gasteiger partial charge on any atom is -0.395 e. The normalized spacial score (nSPS) is 11.1. The van der Waals surface area contributed by atoms with Gasteiger partial charge in [0.2, 0.25) is 0 Å². The SMILES string of the molecule is CCCc1nc2ccccc2n1CCO. The molecule has 2 aromatic rings. The second-order valence-corrected chi connectivity index (χ2v) is 3.64. The third-order valence-corrected chi connectivity index (χ3v) is 2.53. The summed E-state index contributed by atoms with van der Waals surface area (Å²) >= 11 is 0. The molecule has 0 aliphatic rings. The van der Waals surface area contributed by atoms with E-state index < -0.39 is 0 Å². The molecule has 0 saturated heterocycles. The Hall–Kier alpha value is -1.35. The van der Waals surface area contributed by atoms with Gasteiger partial charge in [-0.3, -0.25) is 0 Å². The van der Waals surface area contributed by atoms with Crippen LogP contribution < -0.4 is 0 Å². The molecule has 0 bridgehead atoms. The van der Waals surface area contributed by atoms with Crippen LogP contribution in [-0.2, 0) is 13.0 Å². The molecule has 0 aliphatic carbocycles. The number of fused-ring (bicyclic) bond motifs is 1. The number of hydrogen-bond donors (Lipinski definition) is 1. The first-order chi connectivity index (χ1) is 7.36. The highest BCUT2D eigenvalue weighted by atomic mass is 16.3. The van der Waals surface area contributed by atoms with Crippen molar-refractivity contribution in [2.24, 2.45) is 0 Å². The molecule has 0 saturated carbocycles. The van der Waals surface area contributed by atoms with Gasteiger partial charge >= 0.3 is 0 Å². The predicted octanol–water partition coefficient (Wildman–Crippen LogP) is 1.98. The lowest BCUT2D eigenvalue weighted by atomic mass is 10.3. The maximum atomic E-state index is 9.04. The molecule has 0 aliphatic heterocycles. The number of aliphatic hydroxyl groups is 1. The monoisotopic (exact) mass is 204 g/mol. The largest absolute Gasteiger partial charge is 0.395 e. The molecule has 15 heavy (non-hydrogen) atoms. The van der Waals surface area contributed by atoms with Gasteiger partial charge in [-0.15, -0.1) is 0 Å². The van der Waals surface area contributed by atoms with Crippen molar-refractivity contribution < 1.29 is 5.11 Å². The molecule has 0 amide bonds. The molecule has 80 valence electrons. The van der Waals surface area contributed by atoms with Crippen LogP contribution in [0.2, 0.25) is 0 Å². The Morgan fingerprint density at radius 3 is 2.87 bits per heavy atom. The van der Waals surface area contributed by atoms with E-state index in [1.165, 1.54) is 0 Å². The number of imidazole rings is 1. The number of nitrogens with zero attached hydrogens (tertiary/aromatic N) is 2. The maximum Gasteiger partial charge on any atom is 0.109 e. The Kier molecular flexibility index (Phi) is 3.02. The molecule has 1 heterocycles. The van der Waals surface area contributed by atoms with Crippen molar-refractivity contribution in [1.82, 2.24) is 9.55 Å². The zero-order valence-electron chi connectivity index (χ0n) is 8.98. The molecule has 1 N–H and O–H groups in total. The summed E-state index contributed by atoms with van der Waals surface area (Å²) in [5.74, 6) is 1.08. The lowest BCUT2D eigenvalue weighted by Gasteiger charge is -2.05. The molecule has 0 spiro atoms. The number of aryl methyl sites for hydroxylation is 1. The quantitative estimate of drug-likeness (QED) is 0.827. The van der Waals surface area contributed by atoms with Crippen LogP contribution >= 0.6 is 0 Å². The van der Waals surface area contributed by atoms with Crippen LogP contribution in [0.3, 0.4) is 0 Å². The van der Waals surface area contributed by atoms with Crippen LogP contribution in [-0.4, -0.2) is 21.3 Å². The lowest BCUT2D eigenvalue weighted by Crippen LogP contribution is -2.06. The standard InChI is InChI=1S/C12H16N2O/c1-2-5-12-13-10-6-3-4-7-11(10)14(12)8-9-15/h3-4,6-7,15H,2,5,8-9H2,1H3. The number of rotatable bonds is 4. The molecule has 2 rings (SSSR count). The van der Waals surface area contributed by atoms with Crippen LogP contribution in [0.1, 0.15) is 19.2 Å².